The van der Waals surface area contributed by atoms with Crippen LogP contribution in [0.2, 0.25) is 6.04 Å². The first-order valence-electron chi connectivity index (χ1n) is 6.67. The molecule has 1 heterocycles. The number of hydrogen-bond donors (Lipinski definition) is 1. The first-order chi connectivity index (χ1) is 8.27. The molecule has 0 aliphatic carbocycles. The largest absolute Gasteiger partial charge is 0.426 e. The number of rotatable bonds is 4. The Morgan fingerprint density at radius 1 is 1.29 bits per heavy atom. The van der Waals surface area contributed by atoms with Crippen molar-refractivity contribution in [3.8, 4) is 0 Å². The molecule has 1 saturated heterocycles. The summed E-state index contributed by atoms with van der Waals surface area (Å²) in [6, 6.07) is 11.1. The summed E-state index contributed by atoms with van der Waals surface area (Å²) in [5, 5.41) is 1.13. The third-order valence-corrected chi connectivity index (χ3v) is 7.73. The molecule has 1 fully saturated rings. The van der Waals surface area contributed by atoms with E-state index < -0.39 is 8.32 Å². The van der Waals surface area contributed by atoms with Gasteiger partial charge in [-0.1, -0.05) is 43.7 Å². The van der Waals surface area contributed by atoms with E-state index in [1.807, 2.05) is 18.2 Å². The minimum atomic E-state index is -2.45. The molecule has 94 valence electrons. The van der Waals surface area contributed by atoms with Crippen LogP contribution in [0.5, 0.6) is 0 Å². The van der Waals surface area contributed by atoms with Crippen LogP contribution in [-0.2, 0) is 4.74 Å². The predicted octanol–water partition coefficient (Wildman–Crippen LogP) is 2.35. The van der Waals surface area contributed by atoms with Crippen molar-refractivity contribution in [2.75, 3.05) is 6.61 Å². The van der Waals surface area contributed by atoms with Gasteiger partial charge in [-0.3, -0.25) is 0 Å². The van der Waals surface area contributed by atoms with E-state index in [9.17, 15) is 4.80 Å². The van der Waals surface area contributed by atoms with E-state index in [2.05, 4.69) is 19.1 Å². The topological polar surface area (TPSA) is 29.5 Å². The average Bonchev–Trinajstić information content (AvgIpc) is 2.41. The molecule has 0 saturated carbocycles. The zero-order chi connectivity index (χ0) is 12.1. The van der Waals surface area contributed by atoms with Crippen molar-refractivity contribution in [1.82, 2.24) is 0 Å². The molecule has 0 spiro atoms. The standard InChI is InChI=1S/C14H22O2Si/c1-2-12-17(15,13-8-4-3-5-9-13)14-10-6-7-11-16-14/h3-5,8-9,14-15H,2,6-7,10-12H2,1H3. The van der Waals surface area contributed by atoms with Crippen LogP contribution < -0.4 is 5.19 Å². The Kier molecular flexibility index (Phi) is 4.37. The Labute approximate surface area is 105 Å². The van der Waals surface area contributed by atoms with Gasteiger partial charge in [-0.05, 0) is 30.5 Å². The van der Waals surface area contributed by atoms with Crippen LogP contribution in [0.3, 0.4) is 0 Å². The van der Waals surface area contributed by atoms with Gasteiger partial charge < -0.3 is 9.53 Å². The van der Waals surface area contributed by atoms with E-state index in [-0.39, 0.29) is 5.73 Å². The summed E-state index contributed by atoms with van der Waals surface area (Å²) in [4.78, 5) is 11.1. The molecule has 3 heteroatoms. The summed E-state index contributed by atoms with van der Waals surface area (Å²) in [7, 11) is -2.45. The number of benzene rings is 1. The van der Waals surface area contributed by atoms with Crippen molar-refractivity contribution >= 4 is 13.5 Å². The second-order valence-electron chi connectivity index (χ2n) is 4.90. The van der Waals surface area contributed by atoms with Gasteiger partial charge in [0.25, 0.3) is 0 Å². The van der Waals surface area contributed by atoms with Gasteiger partial charge in [0, 0.05) is 6.61 Å². The van der Waals surface area contributed by atoms with E-state index in [0.29, 0.717) is 0 Å². The zero-order valence-corrected chi connectivity index (χ0v) is 11.6. The highest BCUT2D eigenvalue weighted by Crippen LogP contribution is 2.24. The summed E-state index contributed by atoms with van der Waals surface area (Å²) < 4.78 is 5.86. The van der Waals surface area contributed by atoms with Gasteiger partial charge in [0.1, 0.15) is 0 Å². The van der Waals surface area contributed by atoms with Gasteiger partial charge in [0.15, 0.2) is 0 Å². The Balaban J connectivity index is 2.24. The van der Waals surface area contributed by atoms with Gasteiger partial charge >= 0.3 is 0 Å². The van der Waals surface area contributed by atoms with E-state index in [1.54, 1.807) is 0 Å². The van der Waals surface area contributed by atoms with Crippen molar-refractivity contribution < 1.29 is 9.53 Å². The second-order valence-corrected chi connectivity index (χ2v) is 8.47. The minimum absolute atomic E-state index is 0.0959. The van der Waals surface area contributed by atoms with Gasteiger partial charge in [-0.2, -0.15) is 0 Å². The van der Waals surface area contributed by atoms with E-state index in [4.69, 9.17) is 4.74 Å². The van der Waals surface area contributed by atoms with Crippen LogP contribution in [0.4, 0.5) is 0 Å². The fourth-order valence-electron chi connectivity index (χ4n) is 2.72. The Bertz CT molecular complexity index is 335. The summed E-state index contributed by atoms with van der Waals surface area (Å²) in [6.45, 7) is 2.96. The molecular weight excluding hydrogens is 228 g/mol. The fraction of sp³-hybridized carbons (Fsp3) is 0.571. The molecule has 0 aromatic heterocycles. The molecule has 2 nitrogen and oxygen atoms in total. The molecule has 0 bridgehead atoms. The lowest BCUT2D eigenvalue weighted by Crippen LogP contribution is -2.59. The Hall–Kier alpha value is -0.643. The molecular formula is C14H22O2Si. The maximum absolute atomic E-state index is 11.1. The first kappa shape index (κ1) is 12.8. The molecule has 1 aliphatic heterocycles. The van der Waals surface area contributed by atoms with Gasteiger partial charge in [0.2, 0.25) is 8.32 Å². The molecule has 2 atom stereocenters. The molecule has 1 N–H and O–H groups in total. The van der Waals surface area contributed by atoms with Crippen molar-refractivity contribution in [1.29, 1.82) is 0 Å². The van der Waals surface area contributed by atoms with E-state index in [0.717, 1.165) is 37.1 Å². The number of hydrogen-bond acceptors (Lipinski definition) is 2. The quantitative estimate of drug-likeness (QED) is 0.831. The summed E-state index contributed by atoms with van der Waals surface area (Å²) in [5.41, 5.74) is 0.0959. The van der Waals surface area contributed by atoms with Crippen LogP contribution in [-0.4, -0.2) is 25.4 Å². The highest BCUT2D eigenvalue weighted by atomic mass is 28.4. The molecule has 0 amide bonds. The highest BCUT2D eigenvalue weighted by Gasteiger charge is 2.42. The van der Waals surface area contributed by atoms with Gasteiger partial charge in [0.05, 0.1) is 5.73 Å². The van der Waals surface area contributed by atoms with Crippen LogP contribution in [0.25, 0.3) is 0 Å². The second kappa shape index (κ2) is 5.80. The molecule has 1 aliphatic rings. The zero-order valence-electron chi connectivity index (χ0n) is 10.6. The van der Waals surface area contributed by atoms with Crippen molar-refractivity contribution in [2.24, 2.45) is 0 Å². The van der Waals surface area contributed by atoms with Gasteiger partial charge in [-0.25, -0.2) is 0 Å². The average molecular weight is 250 g/mol. The van der Waals surface area contributed by atoms with Crippen LogP contribution in [0.15, 0.2) is 30.3 Å². The SMILES string of the molecule is CCC[Si](O)(c1ccccc1)C1CCCCO1. The van der Waals surface area contributed by atoms with E-state index >= 15 is 0 Å². The van der Waals surface area contributed by atoms with Crippen molar-refractivity contribution in [2.45, 2.75) is 44.4 Å². The summed E-state index contributed by atoms with van der Waals surface area (Å²) in [6.07, 6.45) is 4.38. The Morgan fingerprint density at radius 2 is 2.06 bits per heavy atom. The fourth-order valence-corrected chi connectivity index (χ4v) is 6.31. The van der Waals surface area contributed by atoms with Crippen molar-refractivity contribution in [3.05, 3.63) is 30.3 Å². The lowest BCUT2D eigenvalue weighted by molar-refractivity contribution is 0.0515. The lowest BCUT2D eigenvalue weighted by atomic mass is 10.2. The third-order valence-electron chi connectivity index (χ3n) is 3.62. The molecule has 17 heavy (non-hydrogen) atoms. The number of ether oxygens (including phenoxy) is 1. The maximum Gasteiger partial charge on any atom is 0.249 e. The smallest absolute Gasteiger partial charge is 0.249 e. The highest BCUT2D eigenvalue weighted by molar-refractivity contribution is 6.86. The molecule has 1 aromatic rings. The normalized spacial score (nSPS) is 24.2. The maximum atomic E-state index is 11.1. The monoisotopic (exact) mass is 250 g/mol. The molecule has 1 aromatic carbocycles. The predicted molar refractivity (Wildman–Crippen MR) is 72.7 cm³/mol. The van der Waals surface area contributed by atoms with Crippen LogP contribution >= 0.6 is 0 Å². The Morgan fingerprint density at radius 3 is 2.65 bits per heavy atom. The molecule has 2 rings (SSSR count). The van der Waals surface area contributed by atoms with Crippen LogP contribution in [0, 0.1) is 0 Å². The third kappa shape index (κ3) is 2.79. The van der Waals surface area contributed by atoms with E-state index in [1.165, 1.54) is 6.42 Å². The lowest BCUT2D eigenvalue weighted by Gasteiger charge is -2.36. The molecule has 2 unspecified atom stereocenters. The molecule has 0 radical (unpaired) electrons. The summed E-state index contributed by atoms with van der Waals surface area (Å²) in [5.74, 6) is 0. The van der Waals surface area contributed by atoms with Crippen molar-refractivity contribution in [3.63, 3.8) is 0 Å². The van der Waals surface area contributed by atoms with Crippen LogP contribution in [0.1, 0.15) is 32.6 Å². The van der Waals surface area contributed by atoms with Gasteiger partial charge in [-0.15, -0.1) is 0 Å². The first-order valence-corrected chi connectivity index (χ1v) is 8.90. The summed E-state index contributed by atoms with van der Waals surface area (Å²) >= 11 is 0. The minimum Gasteiger partial charge on any atom is -0.426 e.